The molecule has 0 aliphatic carbocycles. The highest BCUT2D eigenvalue weighted by molar-refractivity contribution is 5.97. The number of carbonyl (C=O) groups excluding carboxylic acids is 1. The summed E-state index contributed by atoms with van der Waals surface area (Å²) >= 11 is 0. The Kier molecular flexibility index (Phi) is 5.16. The largest absolute Gasteiger partial charge is 0.494 e. The van der Waals surface area contributed by atoms with Crippen LogP contribution in [0.1, 0.15) is 33.6 Å². The van der Waals surface area contributed by atoms with Crippen molar-refractivity contribution in [3.63, 3.8) is 0 Å². The number of hydrogen-bond acceptors (Lipinski definition) is 3. The molecule has 1 rings (SSSR count). The van der Waals surface area contributed by atoms with E-state index in [4.69, 9.17) is 10.5 Å². The predicted octanol–water partition coefficient (Wildman–Crippen LogP) is 2.54. The van der Waals surface area contributed by atoms with Crippen molar-refractivity contribution in [2.45, 2.75) is 39.2 Å². The Bertz CT molecular complexity index is 403. The molecule has 1 aromatic rings. The lowest BCUT2D eigenvalue weighted by Crippen LogP contribution is -2.48. The van der Waals surface area contributed by atoms with Gasteiger partial charge in [0.1, 0.15) is 5.75 Å². The van der Waals surface area contributed by atoms with Crippen molar-refractivity contribution in [1.82, 2.24) is 0 Å². The highest BCUT2D eigenvalue weighted by Crippen LogP contribution is 2.19. The number of rotatable bonds is 6. The van der Waals surface area contributed by atoms with E-state index in [1.807, 2.05) is 32.0 Å². The third kappa shape index (κ3) is 4.04. The maximum absolute atomic E-state index is 12.0. The number of amides is 1. The fraction of sp³-hybridized carbons (Fsp3) is 0.500. The van der Waals surface area contributed by atoms with E-state index in [0.717, 1.165) is 12.2 Å². The minimum Gasteiger partial charge on any atom is -0.494 e. The minimum atomic E-state index is -0.837. The smallest absolute Gasteiger partial charge is 0.244 e. The van der Waals surface area contributed by atoms with Crippen molar-refractivity contribution < 1.29 is 9.53 Å². The first-order chi connectivity index (χ1) is 8.49. The molecule has 3 N–H and O–H groups in total. The van der Waals surface area contributed by atoms with Crippen molar-refractivity contribution in [3.05, 3.63) is 24.3 Å². The van der Waals surface area contributed by atoms with Crippen LogP contribution in [0.2, 0.25) is 0 Å². The molecule has 0 saturated carbocycles. The minimum absolute atomic E-state index is 0.169. The molecule has 0 radical (unpaired) electrons. The second-order valence-corrected chi connectivity index (χ2v) is 4.58. The van der Waals surface area contributed by atoms with E-state index in [1.54, 1.807) is 13.0 Å². The van der Waals surface area contributed by atoms with Crippen LogP contribution in [0.3, 0.4) is 0 Å². The first-order valence-corrected chi connectivity index (χ1v) is 6.32. The topological polar surface area (TPSA) is 64.4 Å². The molecule has 0 aliphatic heterocycles. The van der Waals surface area contributed by atoms with E-state index in [9.17, 15) is 4.79 Å². The van der Waals surface area contributed by atoms with Crippen LogP contribution in [0.15, 0.2) is 24.3 Å². The van der Waals surface area contributed by atoms with Crippen LogP contribution in [-0.4, -0.2) is 18.1 Å². The lowest BCUT2D eigenvalue weighted by Gasteiger charge is -2.22. The SMILES string of the molecule is CCCC(C)(N)C(=O)Nc1cccc(OCC)c1. The first-order valence-electron chi connectivity index (χ1n) is 6.32. The Balaban J connectivity index is 2.72. The molecule has 0 aromatic heterocycles. The summed E-state index contributed by atoms with van der Waals surface area (Å²) < 4.78 is 5.38. The molecule has 0 bridgehead atoms. The highest BCUT2D eigenvalue weighted by Gasteiger charge is 2.27. The van der Waals surface area contributed by atoms with Crippen molar-refractivity contribution in [3.8, 4) is 5.75 Å². The van der Waals surface area contributed by atoms with Crippen molar-refractivity contribution in [1.29, 1.82) is 0 Å². The summed E-state index contributed by atoms with van der Waals surface area (Å²) in [7, 11) is 0. The summed E-state index contributed by atoms with van der Waals surface area (Å²) in [6.45, 7) is 6.28. The average molecular weight is 250 g/mol. The summed E-state index contributed by atoms with van der Waals surface area (Å²) in [5.74, 6) is 0.572. The van der Waals surface area contributed by atoms with Gasteiger partial charge >= 0.3 is 0 Å². The Morgan fingerprint density at radius 3 is 2.78 bits per heavy atom. The molecule has 1 unspecified atom stereocenters. The van der Waals surface area contributed by atoms with Crippen molar-refractivity contribution >= 4 is 11.6 Å². The molecular weight excluding hydrogens is 228 g/mol. The summed E-state index contributed by atoms with van der Waals surface area (Å²) in [6, 6.07) is 7.31. The number of benzene rings is 1. The molecule has 0 aliphatic rings. The molecule has 0 heterocycles. The molecule has 100 valence electrons. The number of ether oxygens (including phenoxy) is 1. The predicted molar refractivity (Wildman–Crippen MR) is 73.7 cm³/mol. The third-order valence-electron chi connectivity index (χ3n) is 2.69. The molecule has 1 atom stereocenters. The average Bonchev–Trinajstić information content (AvgIpc) is 2.29. The van der Waals surface area contributed by atoms with Gasteiger partial charge in [-0.25, -0.2) is 0 Å². The van der Waals surface area contributed by atoms with Crippen LogP contribution in [0.4, 0.5) is 5.69 Å². The summed E-state index contributed by atoms with van der Waals surface area (Å²) in [5, 5.41) is 2.82. The number of hydrogen-bond donors (Lipinski definition) is 2. The van der Waals surface area contributed by atoms with Crippen molar-refractivity contribution in [2.75, 3.05) is 11.9 Å². The zero-order valence-electron chi connectivity index (χ0n) is 11.3. The van der Waals surface area contributed by atoms with E-state index in [1.165, 1.54) is 0 Å². The second-order valence-electron chi connectivity index (χ2n) is 4.58. The molecule has 0 spiro atoms. The normalized spacial score (nSPS) is 13.8. The van der Waals surface area contributed by atoms with Gasteiger partial charge in [-0.05, 0) is 32.4 Å². The highest BCUT2D eigenvalue weighted by atomic mass is 16.5. The van der Waals surface area contributed by atoms with Crippen molar-refractivity contribution in [2.24, 2.45) is 5.73 Å². The maximum atomic E-state index is 12.0. The molecule has 4 nitrogen and oxygen atoms in total. The molecule has 4 heteroatoms. The fourth-order valence-electron chi connectivity index (χ4n) is 1.74. The van der Waals surface area contributed by atoms with Gasteiger partial charge in [0.05, 0.1) is 12.1 Å². The van der Waals surface area contributed by atoms with Gasteiger partial charge in [0, 0.05) is 11.8 Å². The summed E-state index contributed by atoms with van der Waals surface area (Å²) in [4.78, 5) is 12.0. The lowest BCUT2D eigenvalue weighted by molar-refractivity contribution is -0.120. The number of carbonyl (C=O) groups is 1. The van der Waals surface area contributed by atoms with Gasteiger partial charge in [0.2, 0.25) is 5.91 Å². The van der Waals surface area contributed by atoms with Crippen LogP contribution >= 0.6 is 0 Å². The number of nitrogens with one attached hydrogen (secondary N) is 1. The van der Waals surface area contributed by atoms with Crippen LogP contribution in [0, 0.1) is 0 Å². The lowest BCUT2D eigenvalue weighted by atomic mass is 9.96. The molecule has 0 fully saturated rings. The second kappa shape index (κ2) is 6.40. The van der Waals surface area contributed by atoms with Gasteiger partial charge in [-0.3, -0.25) is 4.79 Å². The molecule has 1 aromatic carbocycles. The third-order valence-corrected chi connectivity index (χ3v) is 2.69. The molecule has 0 saturated heterocycles. The van der Waals surface area contributed by atoms with Crippen LogP contribution < -0.4 is 15.8 Å². The Hall–Kier alpha value is -1.55. The van der Waals surface area contributed by atoms with Crippen LogP contribution in [0.25, 0.3) is 0 Å². The fourth-order valence-corrected chi connectivity index (χ4v) is 1.74. The van der Waals surface area contributed by atoms with E-state index in [0.29, 0.717) is 18.7 Å². The molecule has 18 heavy (non-hydrogen) atoms. The quantitative estimate of drug-likeness (QED) is 0.815. The Morgan fingerprint density at radius 1 is 1.44 bits per heavy atom. The standard InChI is InChI=1S/C14H22N2O2/c1-4-9-14(3,15)13(17)16-11-7-6-8-12(10-11)18-5-2/h6-8,10H,4-5,9,15H2,1-3H3,(H,16,17). The summed E-state index contributed by atoms with van der Waals surface area (Å²) in [5.41, 5.74) is 5.84. The molecular formula is C14H22N2O2. The van der Waals surface area contributed by atoms with Gasteiger partial charge in [-0.1, -0.05) is 19.4 Å². The number of nitrogens with two attached hydrogens (primary N) is 1. The van der Waals surface area contributed by atoms with E-state index in [-0.39, 0.29) is 5.91 Å². The van der Waals surface area contributed by atoms with Gasteiger partial charge in [-0.2, -0.15) is 0 Å². The molecule has 1 amide bonds. The van der Waals surface area contributed by atoms with E-state index in [2.05, 4.69) is 5.32 Å². The maximum Gasteiger partial charge on any atom is 0.244 e. The Labute approximate surface area is 109 Å². The van der Waals surface area contributed by atoms with E-state index < -0.39 is 5.54 Å². The Morgan fingerprint density at radius 2 is 2.17 bits per heavy atom. The van der Waals surface area contributed by atoms with E-state index >= 15 is 0 Å². The van der Waals surface area contributed by atoms with Crippen LogP contribution in [0.5, 0.6) is 5.75 Å². The van der Waals surface area contributed by atoms with Gasteiger partial charge < -0.3 is 15.8 Å². The first kappa shape index (κ1) is 14.5. The van der Waals surface area contributed by atoms with Gasteiger partial charge in [0.15, 0.2) is 0 Å². The van der Waals surface area contributed by atoms with Gasteiger partial charge in [0.25, 0.3) is 0 Å². The monoisotopic (exact) mass is 250 g/mol. The van der Waals surface area contributed by atoms with Gasteiger partial charge in [-0.15, -0.1) is 0 Å². The van der Waals surface area contributed by atoms with Crippen LogP contribution in [-0.2, 0) is 4.79 Å². The summed E-state index contributed by atoms with van der Waals surface area (Å²) in [6.07, 6.45) is 1.53. The number of anilines is 1. The zero-order chi connectivity index (χ0) is 13.6. The zero-order valence-corrected chi connectivity index (χ0v) is 11.3.